The minimum atomic E-state index is -4.70. The molecule has 0 saturated carbocycles. The van der Waals surface area contributed by atoms with Gasteiger partial charge >= 0.3 is 12.1 Å². The van der Waals surface area contributed by atoms with Gasteiger partial charge in [0.1, 0.15) is 17.9 Å². The molecule has 0 aliphatic carbocycles. The van der Waals surface area contributed by atoms with Crippen LogP contribution in [0.1, 0.15) is 22.0 Å². The first kappa shape index (κ1) is 23.3. The number of nitrogens with zero attached hydrogens (tertiary/aromatic N) is 3. The van der Waals surface area contributed by atoms with Gasteiger partial charge in [-0.1, -0.05) is 23.4 Å². The van der Waals surface area contributed by atoms with Crippen LogP contribution in [0.4, 0.5) is 13.2 Å². The minimum Gasteiger partial charge on any atom is -0.492 e. The number of nitrogens with one attached hydrogen (secondary N) is 1. The molecule has 0 bridgehead atoms. The Morgan fingerprint density at radius 2 is 1.91 bits per heavy atom. The number of hydrogen-bond acceptors (Lipinski definition) is 7. The van der Waals surface area contributed by atoms with Crippen molar-refractivity contribution in [2.45, 2.75) is 12.7 Å². The van der Waals surface area contributed by atoms with Crippen molar-refractivity contribution >= 4 is 16.9 Å². The van der Waals surface area contributed by atoms with Crippen LogP contribution in [0, 0.1) is 0 Å². The average molecular weight is 474 g/mol. The maximum atomic E-state index is 12.6. The van der Waals surface area contributed by atoms with Crippen LogP contribution in [-0.2, 0) is 12.7 Å². The summed E-state index contributed by atoms with van der Waals surface area (Å²) in [5, 5.41) is 6.92. The summed E-state index contributed by atoms with van der Waals surface area (Å²) < 4.78 is 53.3. The van der Waals surface area contributed by atoms with Gasteiger partial charge in [0.05, 0.1) is 6.54 Å². The Labute approximate surface area is 192 Å². The molecule has 0 saturated heterocycles. The Hall–Kier alpha value is -3.86. The number of aromatic nitrogens is 2. The summed E-state index contributed by atoms with van der Waals surface area (Å²) in [4.78, 5) is 17.8. The van der Waals surface area contributed by atoms with Crippen molar-refractivity contribution in [3.05, 3.63) is 65.7 Å². The lowest BCUT2D eigenvalue weighted by molar-refractivity contribution is -0.159. The van der Waals surface area contributed by atoms with Gasteiger partial charge in [-0.05, 0) is 44.4 Å². The molecule has 34 heavy (non-hydrogen) atoms. The van der Waals surface area contributed by atoms with E-state index in [0.29, 0.717) is 23.4 Å². The molecule has 178 valence electrons. The highest BCUT2D eigenvalue weighted by molar-refractivity contribution is 5.96. The molecule has 0 atom stereocenters. The summed E-state index contributed by atoms with van der Waals surface area (Å²) in [6, 6.07) is 13.6. The van der Waals surface area contributed by atoms with Crippen molar-refractivity contribution in [2.75, 3.05) is 27.2 Å². The van der Waals surface area contributed by atoms with E-state index < -0.39 is 12.1 Å². The Morgan fingerprint density at radius 3 is 2.59 bits per heavy atom. The second-order valence-electron chi connectivity index (χ2n) is 7.73. The third kappa shape index (κ3) is 5.37. The number of carbonyl (C=O) groups is 1. The molecular formula is C23H21F3N4O4. The number of amides is 1. The quantitative estimate of drug-likeness (QED) is 0.379. The second kappa shape index (κ2) is 9.56. The zero-order valence-electron chi connectivity index (χ0n) is 18.3. The molecule has 8 nitrogen and oxygen atoms in total. The highest BCUT2D eigenvalue weighted by Gasteiger charge is 2.38. The zero-order chi connectivity index (χ0) is 24.3. The fourth-order valence-corrected chi connectivity index (χ4v) is 3.28. The number of benzene rings is 2. The van der Waals surface area contributed by atoms with E-state index in [1.54, 1.807) is 18.2 Å². The third-order valence-corrected chi connectivity index (χ3v) is 4.77. The third-order valence-electron chi connectivity index (χ3n) is 4.77. The lowest BCUT2D eigenvalue weighted by atomic mass is 10.1. The van der Waals surface area contributed by atoms with Crippen LogP contribution in [0.3, 0.4) is 0 Å². The SMILES string of the molecule is CN(C)Cc1cccc2cc(C(=O)NCCOc3ccc(-c4noc(C(F)(F)F)n4)cc3)oc12. The molecule has 0 radical (unpaired) electrons. The first-order valence-electron chi connectivity index (χ1n) is 10.3. The van der Waals surface area contributed by atoms with Crippen LogP contribution in [0.25, 0.3) is 22.4 Å². The van der Waals surface area contributed by atoms with Crippen molar-refractivity contribution in [1.29, 1.82) is 0 Å². The van der Waals surface area contributed by atoms with Crippen molar-refractivity contribution < 1.29 is 31.6 Å². The molecule has 2 aromatic heterocycles. The highest BCUT2D eigenvalue weighted by Crippen LogP contribution is 2.30. The summed E-state index contributed by atoms with van der Waals surface area (Å²) >= 11 is 0. The van der Waals surface area contributed by atoms with E-state index in [1.165, 1.54) is 12.1 Å². The highest BCUT2D eigenvalue weighted by atomic mass is 19.4. The van der Waals surface area contributed by atoms with E-state index in [0.717, 1.165) is 10.9 Å². The lowest BCUT2D eigenvalue weighted by Gasteiger charge is -2.09. The van der Waals surface area contributed by atoms with Crippen LogP contribution in [-0.4, -0.2) is 48.2 Å². The number of carbonyl (C=O) groups excluding carboxylic acids is 1. The van der Waals surface area contributed by atoms with Crippen LogP contribution >= 0.6 is 0 Å². The Kier molecular flexibility index (Phi) is 6.55. The van der Waals surface area contributed by atoms with Crippen LogP contribution in [0.2, 0.25) is 0 Å². The normalized spacial score (nSPS) is 11.8. The van der Waals surface area contributed by atoms with Crippen molar-refractivity contribution in [3.8, 4) is 17.1 Å². The molecule has 0 spiro atoms. The first-order valence-corrected chi connectivity index (χ1v) is 10.3. The molecule has 4 rings (SSSR count). The minimum absolute atomic E-state index is 0.175. The van der Waals surface area contributed by atoms with E-state index in [-0.39, 0.29) is 30.6 Å². The summed E-state index contributed by atoms with van der Waals surface area (Å²) in [6.45, 7) is 1.09. The van der Waals surface area contributed by atoms with Gasteiger partial charge in [0.15, 0.2) is 5.76 Å². The van der Waals surface area contributed by atoms with E-state index >= 15 is 0 Å². The van der Waals surface area contributed by atoms with Gasteiger partial charge in [0, 0.05) is 23.1 Å². The summed E-state index contributed by atoms with van der Waals surface area (Å²) in [6.07, 6.45) is -4.70. The molecule has 0 aliphatic rings. The predicted octanol–water partition coefficient (Wildman–Crippen LogP) is 4.37. The number of halogens is 3. The number of hydrogen-bond donors (Lipinski definition) is 1. The Bertz CT molecular complexity index is 1280. The van der Waals surface area contributed by atoms with Gasteiger partial charge < -0.3 is 23.9 Å². The molecule has 0 fully saturated rings. The largest absolute Gasteiger partial charge is 0.492 e. The van der Waals surface area contributed by atoms with Crippen molar-refractivity contribution in [2.24, 2.45) is 0 Å². The molecule has 4 aromatic rings. The fraction of sp³-hybridized carbons (Fsp3) is 0.261. The first-order chi connectivity index (χ1) is 16.2. The number of furan rings is 1. The summed E-state index contributed by atoms with van der Waals surface area (Å²) in [5.41, 5.74) is 2.02. The predicted molar refractivity (Wildman–Crippen MR) is 116 cm³/mol. The molecular weight excluding hydrogens is 453 g/mol. The van der Waals surface area contributed by atoms with E-state index in [4.69, 9.17) is 9.15 Å². The standard InChI is InChI=1S/C23H21F3N4O4/c1-30(2)13-16-5-3-4-15-12-18(33-19(15)16)21(31)27-10-11-32-17-8-6-14(7-9-17)20-28-22(34-29-20)23(24,25)26/h3-9,12H,10-11,13H2,1-2H3,(H,27,31). The van der Waals surface area contributed by atoms with E-state index in [2.05, 4.69) is 20.0 Å². The molecule has 0 unspecified atom stereocenters. The maximum absolute atomic E-state index is 12.6. The number of para-hydroxylation sites is 1. The number of fused-ring (bicyclic) bond motifs is 1. The second-order valence-corrected chi connectivity index (χ2v) is 7.73. The smallest absolute Gasteiger partial charge is 0.471 e. The molecule has 11 heteroatoms. The van der Waals surface area contributed by atoms with Crippen molar-refractivity contribution in [1.82, 2.24) is 20.4 Å². The van der Waals surface area contributed by atoms with Gasteiger partial charge in [-0.3, -0.25) is 4.79 Å². The summed E-state index contributed by atoms with van der Waals surface area (Å²) in [7, 11) is 3.91. The van der Waals surface area contributed by atoms with Crippen LogP contribution < -0.4 is 10.1 Å². The maximum Gasteiger partial charge on any atom is 0.471 e. The summed E-state index contributed by atoms with van der Waals surface area (Å²) in [5.74, 6) is -1.26. The Balaban J connectivity index is 1.30. The van der Waals surface area contributed by atoms with Crippen LogP contribution in [0.15, 0.2) is 57.5 Å². The van der Waals surface area contributed by atoms with Crippen molar-refractivity contribution in [3.63, 3.8) is 0 Å². The number of alkyl halides is 3. The number of ether oxygens (including phenoxy) is 1. The number of rotatable bonds is 8. The Morgan fingerprint density at radius 1 is 1.15 bits per heavy atom. The van der Waals surface area contributed by atoms with Gasteiger partial charge in [0.25, 0.3) is 5.91 Å². The monoisotopic (exact) mass is 474 g/mol. The fourth-order valence-electron chi connectivity index (χ4n) is 3.28. The average Bonchev–Trinajstić information content (AvgIpc) is 3.45. The van der Waals surface area contributed by atoms with Gasteiger partial charge in [-0.25, -0.2) is 0 Å². The molecule has 1 amide bonds. The topological polar surface area (TPSA) is 93.6 Å². The molecule has 1 N–H and O–H groups in total. The van der Waals surface area contributed by atoms with E-state index in [1.807, 2.05) is 37.2 Å². The van der Waals surface area contributed by atoms with Gasteiger partial charge in [0.2, 0.25) is 5.82 Å². The van der Waals surface area contributed by atoms with Gasteiger partial charge in [-0.15, -0.1) is 0 Å². The molecule has 2 aromatic carbocycles. The molecule has 2 heterocycles. The molecule has 0 aliphatic heterocycles. The van der Waals surface area contributed by atoms with Gasteiger partial charge in [-0.2, -0.15) is 18.2 Å². The van der Waals surface area contributed by atoms with Crippen LogP contribution in [0.5, 0.6) is 5.75 Å². The van der Waals surface area contributed by atoms with E-state index in [9.17, 15) is 18.0 Å². The zero-order valence-corrected chi connectivity index (χ0v) is 18.3. The lowest BCUT2D eigenvalue weighted by Crippen LogP contribution is -2.27.